The van der Waals surface area contributed by atoms with Gasteiger partial charge in [-0.2, -0.15) is 5.10 Å². The summed E-state index contributed by atoms with van der Waals surface area (Å²) in [6.45, 7) is 0.188. The zero-order valence-electron chi connectivity index (χ0n) is 12.7. The zero-order chi connectivity index (χ0) is 17.2. The molecule has 0 radical (unpaired) electrons. The van der Waals surface area contributed by atoms with Crippen LogP contribution in [0.4, 0.5) is 0 Å². The molecule has 4 heterocycles. The van der Waals surface area contributed by atoms with Crippen LogP contribution < -0.4 is 10.9 Å². The molecule has 0 unspecified atom stereocenters. The maximum Gasteiger partial charge on any atom is 0.271 e. The maximum absolute atomic E-state index is 12.4. The number of nitrogens with zero attached hydrogens (tertiary/aromatic N) is 6. The van der Waals surface area contributed by atoms with E-state index in [0.717, 1.165) is 5.56 Å². The molecule has 0 aliphatic heterocycles. The average Bonchev–Trinajstić information content (AvgIpc) is 3.32. The van der Waals surface area contributed by atoms with Crippen molar-refractivity contribution in [2.24, 2.45) is 0 Å². The first-order valence-corrected chi connectivity index (χ1v) is 8.14. The van der Waals surface area contributed by atoms with Crippen LogP contribution in [0.1, 0.15) is 15.9 Å². The number of rotatable bonds is 4. The van der Waals surface area contributed by atoms with Gasteiger partial charge in [0.25, 0.3) is 11.5 Å². The molecule has 0 saturated heterocycles. The van der Waals surface area contributed by atoms with Crippen LogP contribution in [-0.4, -0.2) is 35.0 Å². The Hall–Kier alpha value is -3.40. The van der Waals surface area contributed by atoms with Crippen molar-refractivity contribution in [3.8, 4) is 5.82 Å². The van der Waals surface area contributed by atoms with Gasteiger partial charge in [-0.3, -0.25) is 14.0 Å². The Labute approximate surface area is 144 Å². The van der Waals surface area contributed by atoms with Gasteiger partial charge < -0.3 is 5.32 Å². The van der Waals surface area contributed by atoms with Gasteiger partial charge in [-0.15, -0.1) is 11.3 Å². The molecule has 9 nitrogen and oxygen atoms in total. The van der Waals surface area contributed by atoms with Crippen LogP contribution in [0.25, 0.3) is 10.8 Å². The highest BCUT2D eigenvalue weighted by atomic mass is 32.1. The smallest absolute Gasteiger partial charge is 0.271 e. The molecule has 1 amide bonds. The van der Waals surface area contributed by atoms with Crippen molar-refractivity contribution >= 4 is 22.2 Å². The fourth-order valence-electron chi connectivity index (χ4n) is 2.34. The van der Waals surface area contributed by atoms with Crippen molar-refractivity contribution in [2.45, 2.75) is 6.54 Å². The van der Waals surface area contributed by atoms with Gasteiger partial charge in [-0.05, 0) is 6.07 Å². The Morgan fingerprint density at radius 3 is 3.08 bits per heavy atom. The summed E-state index contributed by atoms with van der Waals surface area (Å²) in [6, 6.07) is 3.58. The first-order valence-electron chi connectivity index (χ1n) is 7.26. The van der Waals surface area contributed by atoms with Crippen molar-refractivity contribution < 1.29 is 4.79 Å². The Bertz CT molecular complexity index is 1100. The largest absolute Gasteiger partial charge is 0.348 e. The molecule has 25 heavy (non-hydrogen) atoms. The molecule has 0 aromatic carbocycles. The minimum absolute atomic E-state index is 0.0119. The molecule has 0 spiro atoms. The van der Waals surface area contributed by atoms with E-state index in [-0.39, 0.29) is 12.1 Å². The third-order valence-corrected chi connectivity index (χ3v) is 4.30. The lowest BCUT2D eigenvalue weighted by Gasteiger charge is -2.09. The van der Waals surface area contributed by atoms with Crippen molar-refractivity contribution in [1.29, 1.82) is 0 Å². The monoisotopic (exact) mass is 353 g/mol. The quantitative estimate of drug-likeness (QED) is 0.578. The van der Waals surface area contributed by atoms with E-state index >= 15 is 0 Å². The number of hydrogen-bond acceptors (Lipinski definition) is 7. The number of amides is 1. The van der Waals surface area contributed by atoms with Crippen molar-refractivity contribution in [3.63, 3.8) is 0 Å². The highest BCUT2D eigenvalue weighted by Gasteiger charge is 2.15. The predicted molar refractivity (Wildman–Crippen MR) is 89.7 cm³/mol. The minimum atomic E-state index is -0.494. The average molecular weight is 353 g/mol. The molecule has 4 rings (SSSR count). The summed E-state index contributed by atoms with van der Waals surface area (Å²) >= 11 is 1.33. The lowest BCUT2D eigenvalue weighted by atomic mass is 10.2. The van der Waals surface area contributed by atoms with Crippen molar-refractivity contribution in [1.82, 2.24) is 34.4 Å². The molecule has 1 N–H and O–H groups in total. The summed E-state index contributed by atoms with van der Waals surface area (Å²) in [5.74, 6) is 0.0647. The van der Waals surface area contributed by atoms with Crippen LogP contribution in [0.15, 0.2) is 53.6 Å². The highest BCUT2D eigenvalue weighted by molar-refractivity contribution is 7.15. The molecular weight excluding hydrogens is 342 g/mol. The number of carbonyl (C=O) groups excluding carboxylic acids is 1. The van der Waals surface area contributed by atoms with Gasteiger partial charge in [-0.1, -0.05) is 6.07 Å². The minimum Gasteiger partial charge on any atom is -0.348 e. The predicted octanol–water partition coefficient (Wildman–Crippen LogP) is 0.662. The molecule has 0 fully saturated rings. The van der Waals surface area contributed by atoms with E-state index in [0.29, 0.717) is 10.8 Å². The van der Waals surface area contributed by atoms with E-state index in [9.17, 15) is 9.59 Å². The topological polar surface area (TPSA) is 107 Å². The third kappa shape index (κ3) is 2.78. The Kier molecular flexibility index (Phi) is 3.78. The van der Waals surface area contributed by atoms with Gasteiger partial charge >= 0.3 is 0 Å². The number of thiazole rings is 1. The number of hydrogen-bond donors (Lipinski definition) is 1. The molecule has 0 aliphatic carbocycles. The Balaban J connectivity index is 1.58. The summed E-state index contributed by atoms with van der Waals surface area (Å²) in [5.41, 5.74) is 0.333. The van der Waals surface area contributed by atoms with Crippen LogP contribution >= 0.6 is 11.3 Å². The normalized spacial score (nSPS) is 10.9. The molecule has 0 bridgehead atoms. The first-order chi connectivity index (χ1) is 12.2. The number of fused-ring (bicyclic) bond motifs is 1. The van der Waals surface area contributed by atoms with Gasteiger partial charge in [0.2, 0.25) is 0 Å². The van der Waals surface area contributed by atoms with Crippen LogP contribution in [0.2, 0.25) is 0 Å². The molecule has 0 aliphatic rings. The van der Waals surface area contributed by atoms with E-state index < -0.39 is 11.5 Å². The molecular formula is C15H11N7O2S. The number of nitrogens with one attached hydrogen (secondary N) is 1. The summed E-state index contributed by atoms with van der Waals surface area (Å²) in [6.07, 6.45) is 7.44. The van der Waals surface area contributed by atoms with Gasteiger partial charge in [0.15, 0.2) is 10.8 Å². The second kappa shape index (κ2) is 6.24. The lowest BCUT2D eigenvalue weighted by Crippen LogP contribution is -2.31. The zero-order valence-corrected chi connectivity index (χ0v) is 13.6. The fourth-order valence-corrected chi connectivity index (χ4v) is 3.02. The maximum atomic E-state index is 12.4. The molecule has 4 aromatic rings. The van der Waals surface area contributed by atoms with Crippen LogP contribution in [0.5, 0.6) is 0 Å². The summed E-state index contributed by atoms with van der Waals surface area (Å²) in [5, 5.41) is 8.51. The van der Waals surface area contributed by atoms with Crippen LogP contribution in [0.3, 0.4) is 0 Å². The summed E-state index contributed by atoms with van der Waals surface area (Å²) < 4.78 is 2.86. The van der Waals surface area contributed by atoms with E-state index in [4.69, 9.17) is 0 Å². The van der Waals surface area contributed by atoms with E-state index in [1.807, 2.05) is 6.07 Å². The van der Waals surface area contributed by atoms with E-state index in [1.165, 1.54) is 39.3 Å². The number of carbonyl (C=O) groups is 1. The number of aromatic nitrogens is 6. The Morgan fingerprint density at radius 1 is 1.32 bits per heavy atom. The highest BCUT2D eigenvalue weighted by Crippen LogP contribution is 2.10. The summed E-state index contributed by atoms with van der Waals surface area (Å²) in [4.78, 5) is 37.5. The van der Waals surface area contributed by atoms with Crippen molar-refractivity contribution in [2.75, 3.05) is 0 Å². The second-order valence-corrected chi connectivity index (χ2v) is 5.91. The van der Waals surface area contributed by atoms with E-state index in [2.05, 4.69) is 25.4 Å². The van der Waals surface area contributed by atoms with Gasteiger partial charge in [0.1, 0.15) is 18.2 Å². The second-order valence-electron chi connectivity index (χ2n) is 5.04. The number of pyridine rings is 1. The molecule has 124 valence electrons. The molecule has 10 heteroatoms. The van der Waals surface area contributed by atoms with Gasteiger partial charge in [0.05, 0.1) is 0 Å². The SMILES string of the molecule is O=C(NCc1cccnc1-n1cncn1)c1cnc2sccn2c1=O. The summed E-state index contributed by atoms with van der Waals surface area (Å²) in [7, 11) is 0. The molecule has 4 aromatic heterocycles. The van der Waals surface area contributed by atoms with Crippen LogP contribution in [-0.2, 0) is 6.54 Å². The van der Waals surface area contributed by atoms with E-state index in [1.54, 1.807) is 23.8 Å². The first kappa shape index (κ1) is 15.1. The van der Waals surface area contributed by atoms with Gasteiger partial charge in [0, 0.05) is 36.1 Å². The van der Waals surface area contributed by atoms with Crippen molar-refractivity contribution in [3.05, 3.63) is 70.2 Å². The fraction of sp³-hybridized carbons (Fsp3) is 0.0667. The lowest BCUT2D eigenvalue weighted by molar-refractivity contribution is 0.0949. The standard InChI is InChI=1S/C15H11N7O2S/c23-13(11-7-19-15-21(14(11)24)4-5-25-15)18-6-10-2-1-3-17-12(10)22-9-16-8-20-22/h1-5,7-9H,6H2,(H,18,23). The van der Waals surface area contributed by atoms with Crippen LogP contribution in [0, 0.1) is 0 Å². The molecule has 0 atom stereocenters. The Morgan fingerprint density at radius 2 is 2.24 bits per heavy atom. The van der Waals surface area contributed by atoms with Gasteiger partial charge in [-0.25, -0.2) is 19.6 Å². The molecule has 0 saturated carbocycles. The third-order valence-electron chi connectivity index (χ3n) is 3.53.